The van der Waals surface area contributed by atoms with Gasteiger partial charge in [-0.25, -0.2) is 8.78 Å². The standard InChI is InChI=1S/C29H36F2N6O4/c1-27(2,3)22(35-24(39)14-10-29(30,31)11-14)26(41)37-13-17-19(28(17,4)5)21(37)25(40)34-20(23(32)38)16-12-33-36-18-9-7-6-8-15(16)18/h6-9,12,14,17,19-22H,10-11,13H2,1-5H3,(H2,32,38)(H,34,40)(H,35,39)/t17-,19-,20?,21-,22?/m0/s1. The number of likely N-dealkylation sites (tertiary alicyclic amines) is 1. The lowest BCUT2D eigenvalue weighted by atomic mass is 9.79. The van der Waals surface area contributed by atoms with Gasteiger partial charge in [-0.1, -0.05) is 52.8 Å². The average Bonchev–Trinajstić information content (AvgIpc) is 3.20. The third-order valence-electron chi connectivity index (χ3n) is 9.08. The zero-order valence-electron chi connectivity index (χ0n) is 23.8. The molecule has 0 radical (unpaired) electrons. The summed E-state index contributed by atoms with van der Waals surface area (Å²) < 4.78 is 26.8. The number of nitrogens with zero attached hydrogens (tertiary/aromatic N) is 3. The van der Waals surface area contributed by atoms with Crippen LogP contribution >= 0.6 is 0 Å². The van der Waals surface area contributed by atoms with Gasteiger partial charge in [-0.2, -0.15) is 10.2 Å². The van der Waals surface area contributed by atoms with Gasteiger partial charge in [-0.15, -0.1) is 0 Å². The fourth-order valence-corrected chi connectivity index (χ4v) is 6.52. The van der Waals surface area contributed by atoms with Crippen LogP contribution in [-0.4, -0.2) is 63.3 Å². The van der Waals surface area contributed by atoms with Crippen molar-refractivity contribution in [2.24, 2.45) is 34.3 Å². The molecule has 1 aromatic heterocycles. The molecule has 5 rings (SSSR count). The molecule has 0 bridgehead atoms. The number of hydrogen-bond acceptors (Lipinski definition) is 6. The molecule has 4 N–H and O–H groups in total. The molecular weight excluding hydrogens is 534 g/mol. The molecule has 3 fully saturated rings. The molecule has 0 spiro atoms. The molecule has 2 unspecified atom stereocenters. The summed E-state index contributed by atoms with van der Waals surface area (Å²) in [7, 11) is 0. The van der Waals surface area contributed by atoms with Crippen LogP contribution in [0.25, 0.3) is 10.9 Å². The fraction of sp³-hybridized carbons (Fsp3) is 0.586. The number of hydrogen-bond donors (Lipinski definition) is 3. The molecule has 2 aliphatic carbocycles. The Morgan fingerprint density at radius 2 is 1.73 bits per heavy atom. The number of carbonyl (C=O) groups excluding carboxylic acids is 4. The van der Waals surface area contributed by atoms with Crippen molar-refractivity contribution in [2.45, 2.75) is 71.5 Å². The summed E-state index contributed by atoms with van der Waals surface area (Å²) in [5.74, 6) is -6.27. The maximum Gasteiger partial charge on any atom is 0.249 e. The van der Waals surface area contributed by atoms with Crippen LogP contribution in [0.15, 0.2) is 30.5 Å². The van der Waals surface area contributed by atoms with Gasteiger partial charge in [0, 0.05) is 36.3 Å². The van der Waals surface area contributed by atoms with E-state index in [1.807, 2.05) is 13.8 Å². The molecule has 41 heavy (non-hydrogen) atoms. The maximum absolute atomic E-state index is 14.0. The minimum absolute atomic E-state index is 0.0410. The summed E-state index contributed by atoms with van der Waals surface area (Å²) in [5.41, 5.74) is 5.67. The lowest BCUT2D eigenvalue weighted by Gasteiger charge is -2.40. The number of amides is 4. The minimum Gasteiger partial charge on any atom is -0.368 e. The molecule has 3 aliphatic rings. The van der Waals surface area contributed by atoms with Crippen LogP contribution in [0.5, 0.6) is 0 Å². The Labute approximate surface area is 236 Å². The number of piperidine rings is 1. The SMILES string of the molecule is CC(C)(C)C(NC(=O)C1CC(F)(F)C1)C(=O)N1C[C@H]2[C@@H]([C@H]1C(=O)NC(C(N)=O)c1cnnc3ccccc13)C2(C)C. The van der Waals surface area contributed by atoms with Crippen LogP contribution in [0.4, 0.5) is 8.78 Å². The number of carbonyl (C=O) groups is 4. The van der Waals surface area contributed by atoms with Crippen LogP contribution in [-0.2, 0) is 19.2 Å². The van der Waals surface area contributed by atoms with Crippen molar-refractivity contribution in [3.05, 3.63) is 36.0 Å². The summed E-state index contributed by atoms with van der Waals surface area (Å²) in [4.78, 5) is 54.8. The highest BCUT2D eigenvalue weighted by Gasteiger charge is 2.70. The normalized spacial score (nSPS) is 25.9. The molecule has 1 aromatic carbocycles. The Hall–Kier alpha value is -3.70. The molecule has 4 amide bonds. The number of benzene rings is 1. The molecule has 2 heterocycles. The summed E-state index contributed by atoms with van der Waals surface area (Å²) in [6, 6.07) is 3.85. The van der Waals surface area contributed by atoms with Crippen molar-refractivity contribution < 1.29 is 28.0 Å². The molecule has 220 valence electrons. The van der Waals surface area contributed by atoms with Crippen LogP contribution in [0.3, 0.4) is 0 Å². The van der Waals surface area contributed by atoms with E-state index in [0.29, 0.717) is 23.0 Å². The summed E-state index contributed by atoms with van der Waals surface area (Å²) in [6.45, 7) is 9.65. The average molecular weight is 571 g/mol. The first-order valence-corrected chi connectivity index (χ1v) is 13.8. The smallest absolute Gasteiger partial charge is 0.249 e. The zero-order chi connectivity index (χ0) is 30.1. The molecule has 2 saturated carbocycles. The van der Waals surface area contributed by atoms with E-state index in [-0.39, 0.29) is 17.3 Å². The van der Waals surface area contributed by atoms with E-state index < -0.39 is 71.9 Å². The Morgan fingerprint density at radius 1 is 1.07 bits per heavy atom. The highest BCUT2D eigenvalue weighted by Crippen LogP contribution is 2.65. The van der Waals surface area contributed by atoms with E-state index in [1.54, 1.807) is 45.0 Å². The largest absolute Gasteiger partial charge is 0.368 e. The number of rotatable bonds is 7. The second-order valence-corrected chi connectivity index (χ2v) is 13.3. The predicted molar refractivity (Wildman–Crippen MR) is 145 cm³/mol. The number of nitrogens with one attached hydrogen (secondary N) is 2. The van der Waals surface area contributed by atoms with Gasteiger partial charge in [0.1, 0.15) is 18.1 Å². The maximum atomic E-state index is 14.0. The molecule has 5 atom stereocenters. The van der Waals surface area contributed by atoms with Gasteiger partial charge in [0.25, 0.3) is 0 Å². The van der Waals surface area contributed by atoms with Gasteiger partial charge in [-0.05, 0) is 28.7 Å². The summed E-state index contributed by atoms with van der Waals surface area (Å²) in [5, 5.41) is 14.1. The summed E-state index contributed by atoms with van der Waals surface area (Å²) in [6.07, 6.45) is 0.280. The second-order valence-electron chi connectivity index (χ2n) is 13.3. The monoisotopic (exact) mass is 570 g/mol. The number of halogens is 2. The topological polar surface area (TPSA) is 147 Å². The first kappa shape index (κ1) is 28.8. The molecule has 10 nitrogen and oxygen atoms in total. The van der Waals surface area contributed by atoms with Crippen LogP contribution in [0.1, 0.15) is 59.1 Å². The van der Waals surface area contributed by atoms with Crippen molar-refractivity contribution in [1.82, 2.24) is 25.7 Å². The Bertz CT molecular complexity index is 1410. The van der Waals surface area contributed by atoms with Gasteiger partial charge in [-0.3, -0.25) is 19.2 Å². The molecule has 12 heteroatoms. The van der Waals surface area contributed by atoms with E-state index in [2.05, 4.69) is 20.8 Å². The van der Waals surface area contributed by atoms with E-state index in [9.17, 15) is 28.0 Å². The van der Waals surface area contributed by atoms with Crippen LogP contribution in [0, 0.1) is 28.6 Å². The minimum atomic E-state index is -2.87. The number of nitrogens with two attached hydrogens (primary N) is 1. The first-order valence-electron chi connectivity index (χ1n) is 13.8. The van der Waals surface area contributed by atoms with Crippen molar-refractivity contribution in [3.8, 4) is 0 Å². The van der Waals surface area contributed by atoms with Crippen molar-refractivity contribution >= 4 is 34.5 Å². The van der Waals surface area contributed by atoms with Gasteiger partial charge in [0.2, 0.25) is 29.6 Å². The highest BCUT2D eigenvalue weighted by atomic mass is 19.3. The molecule has 2 aromatic rings. The third-order valence-corrected chi connectivity index (χ3v) is 9.08. The Morgan fingerprint density at radius 3 is 2.34 bits per heavy atom. The second kappa shape index (κ2) is 9.70. The third kappa shape index (κ3) is 5.12. The lowest BCUT2D eigenvalue weighted by Crippen LogP contribution is -2.61. The van der Waals surface area contributed by atoms with Gasteiger partial charge in [0.05, 0.1) is 11.7 Å². The number of primary amides is 1. The van der Waals surface area contributed by atoms with Gasteiger partial charge < -0.3 is 21.3 Å². The molecule has 1 saturated heterocycles. The van der Waals surface area contributed by atoms with E-state index in [0.717, 1.165) is 0 Å². The predicted octanol–water partition coefficient (Wildman–Crippen LogP) is 2.33. The van der Waals surface area contributed by atoms with E-state index in [1.165, 1.54) is 11.1 Å². The molecule has 1 aliphatic heterocycles. The zero-order valence-corrected chi connectivity index (χ0v) is 23.8. The van der Waals surface area contributed by atoms with E-state index in [4.69, 9.17) is 5.73 Å². The van der Waals surface area contributed by atoms with Crippen LogP contribution < -0.4 is 16.4 Å². The van der Waals surface area contributed by atoms with Crippen molar-refractivity contribution in [1.29, 1.82) is 0 Å². The van der Waals surface area contributed by atoms with Gasteiger partial charge in [0.15, 0.2) is 0 Å². The summed E-state index contributed by atoms with van der Waals surface area (Å²) >= 11 is 0. The Kier molecular flexibility index (Phi) is 6.81. The molecular formula is C29H36F2N6O4. The highest BCUT2D eigenvalue weighted by molar-refractivity contribution is 5.97. The fourth-order valence-electron chi connectivity index (χ4n) is 6.52. The van der Waals surface area contributed by atoms with Crippen LogP contribution in [0.2, 0.25) is 0 Å². The van der Waals surface area contributed by atoms with Gasteiger partial charge >= 0.3 is 0 Å². The first-order chi connectivity index (χ1) is 19.0. The lowest BCUT2D eigenvalue weighted by molar-refractivity contribution is -0.155. The van der Waals surface area contributed by atoms with Crippen molar-refractivity contribution in [2.75, 3.05) is 6.54 Å². The Balaban J connectivity index is 1.41. The van der Waals surface area contributed by atoms with E-state index >= 15 is 0 Å². The van der Waals surface area contributed by atoms with Crippen molar-refractivity contribution in [3.63, 3.8) is 0 Å². The number of fused-ring (bicyclic) bond motifs is 2. The number of aromatic nitrogens is 2. The quantitative estimate of drug-likeness (QED) is 0.466. The number of alkyl halides is 2.